The summed E-state index contributed by atoms with van der Waals surface area (Å²) < 4.78 is 0. The zero-order valence-electron chi connectivity index (χ0n) is 43.3. The molecule has 8 amide bonds. The van der Waals surface area contributed by atoms with Crippen LogP contribution in [0.15, 0.2) is 72.8 Å². The van der Waals surface area contributed by atoms with Crippen LogP contribution < -0.4 is 0 Å². The number of fused-ring (bicyclic) bond motifs is 4. The van der Waals surface area contributed by atoms with Gasteiger partial charge >= 0.3 is 5.97 Å². The molecule has 14 rings (SSSR count). The molecule has 0 aliphatic carbocycles. The second-order valence-electron chi connectivity index (χ2n) is 21.3. The molecule has 0 saturated carbocycles. The second kappa shape index (κ2) is 16.4. The van der Waals surface area contributed by atoms with Gasteiger partial charge < -0.3 is 5.11 Å². The topological polar surface area (TPSA) is 187 Å². The summed E-state index contributed by atoms with van der Waals surface area (Å²) >= 11 is 0. The lowest BCUT2D eigenvalue weighted by Gasteiger charge is -2.30. The third-order valence-corrected chi connectivity index (χ3v) is 16.9. The van der Waals surface area contributed by atoms with Gasteiger partial charge in [0.05, 0.1) is 0 Å². The quantitative estimate of drug-likeness (QED) is 0.0664. The molecule has 10 aromatic rings. The number of carboxylic acids is 1. The van der Waals surface area contributed by atoms with Gasteiger partial charge in [0.2, 0.25) is 0 Å². The Morgan fingerprint density at radius 2 is 0.597 bits per heavy atom. The third kappa shape index (κ3) is 6.20. The first-order valence-electron chi connectivity index (χ1n) is 25.8. The molecule has 4 aliphatic rings. The van der Waals surface area contributed by atoms with Gasteiger partial charge in [-0.15, -0.1) is 0 Å². The summed E-state index contributed by atoms with van der Waals surface area (Å²) in [5.74, 6) is -3.31. The number of carboxylic acid groups (broad SMARTS) is 1. The van der Waals surface area contributed by atoms with E-state index < -0.39 is 5.97 Å². The van der Waals surface area contributed by atoms with E-state index in [1.54, 1.807) is 24.3 Å². The van der Waals surface area contributed by atoms with Gasteiger partial charge in [-0.05, 0) is 176 Å². The molecule has 0 radical (unpaired) electrons. The Hall–Kier alpha value is -9.17. The lowest BCUT2D eigenvalue weighted by atomic mass is 9.79. The molecular weight excluding hydrogens is 973 g/mol. The standard InChI is InChI=1S/C35H30N2O6.C28H18N2O4/c1-17-15-23-28-21(32(40)36(3)33(23)41)12-10-19-27-18(2)16-24-29-22(13-11-20(31(27)29)26(17)30(19)28)34(42)37(35(24)43)14-8-6-4-5-7-9-25(38)39;1-11-9-17-21-15(25(31)29(3)27(17)33)8-6-14-20-12(2)10-18-22-16(26(32)30(4)28(18)34)7-5-13(24(20)22)19(11)23(14)21/h10-13,15-16H,4-9,14H2,1-3H3,(H,38,39);5-10H,1-4H3. The average molecular weight is 1020 g/mol. The van der Waals surface area contributed by atoms with Crippen molar-refractivity contribution in [1.29, 1.82) is 0 Å². The number of aliphatic carboxylic acids is 1. The Balaban J connectivity index is 0.000000151. The number of amides is 8. The van der Waals surface area contributed by atoms with E-state index in [1.165, 1.54) is 35.8 Å². The van der Waals surface area contributed by atoms with Crippen LogP contribution in [0.1, 0.15) is 144 Å². The van der Waals surface area contributed by atoms with Crippen LogP contribution in [0.5, 0.6) is 0 Å². The second-order valence-corrected chi connectivity index (χ2v) is 21.3. The summed E-state index contributed by atoms with van der Waals surface area (Å²) in [7, 11) is 4.52. The molecule has 14 nitrogen and oxygen atoms in total. The lowest BCUT2D eigenvalue weighted by Crippen LogP contribution is -2.41. The number of carbonyl (C=O) groups excluding carboxylic acids is 8. The van der Waals surface area contributed by atoms with Crippen LogP contribution in [0.2, 0.25) is 0 Å². The smallest absolute Gasteiger partial charge is 0.303 e. The number of hydrogen-bond acceptors (Lipinski definition) is 9. The Kier molecular flexibility index (Phi) is 10.1. The Morgan fingerprint density at radius 1 is 0.338 bits per heavy atom. The zero-order valence-corrected chi connectivity index (χ0v) is 43.3. The third-order valence-electron chi connectivity index (χ3n) is 16.9. The maximum atomic E-state index is 13.8. The largest absolute Gasteiger partial charge is 0.481 e. The number of benzene rings is 10. The van der Waals surface area contributed by atoms with Gasteiger partial charge in [0.25, 0.3) is 47.3 Å². The minimum Gasteiger partial charge on any atom is -0.481 e. The SMILES string of the molecule is Cc1cc2c3c(ccc4c5c(C)cc6c7c(ccc(c1c34)c75)C(=O)N(C)C6=O)C(=O)N(C)C2=O.Cc1cc2c3c(ccc4c5c(C)cc6c7c(ccc(c1c34)c75)C(=O)N(CCCCCCCC(=O)O)C6=O)C(=O)N(C)C2=O. The fraction of sp³-hybridized carbons (Fsp3) is 0.222. The van der Waals surface area contributed by atoms with Crippen molar-refractivity contribution in [1.82, 2.24) is 19.6 Å². The molecule has 0 spiro atoms. The molecule has 0 unspecified atom stereocenters. The molecule has 0 saturated heterocycles. The Morgan fingerprint density at radius 3 is 0.922 bits per heavy atom. The fourth-order valence-corrected chi connectivity index (χ4v) is 13.4. The minimum atomic E-state index is -0.796. The predicted molar refractivity (Wildman–Crippen MR) is 294 cm³/mol. The zero-order chi connectivity index (χ0) is 54.1. The molecular formula is C63H48N4O10. The minimum absolute atomic E-state index is 0.154. The fourth-order valence-electron chi connectivity index (χ4n) is 13.4. The van der Waals surface area contributed by atoms with Crippen molar-refractivity contribution in [3.05, 3.63) is 140 Å². The van der Waals surface area contributed by atoms with Crippen LogP contribution in [-0.4, -0.2) is 106 Å². The van der Waals surface area contributed by atoms with Crippen LogP contribution in [-0.2, 0) is 4.79 Å². The van der Waals surface area contributed by atoms with Gasteiger partial charge in [0.15, 0.2) is 0 Å². The van der Waals surface area contributed by atoms with Crippen LogP contribution in [0.4, 0.5) is 0 Å². The number of unbranched alkanes of at least 4 members (excludes halogenated alkanes) is 4. The number of rotatable bonds is 8. The highest BCUT2D eigenvalue weighted by molar-refractivity contribution is 6.44. The lowest BCUT2D eigenvalue weighted by molar-refractivity contribution is -0.137. The summed E-state index contributed by atoms with van der Waals surface area (Å²) in [5, 5.41) is 22.3. The highest BCUT2D eigenvalue weighted by Crippen LogP contribution is 2.50. The molecule has 4 aliphatic heterocycles. The summed E-state index contributed by atoms with van der Waals surface area (Å²) in [6.07, 6.45) is 3.89. The normalized spacial score (nSPS) is 15.3. The first kappa shape index (κ1) is 47.5. The molecule has 0 aromatic heterocycles. The maximum absolute atomic E-state index is 13.8. The summed E-state index contributed by atoms with van der Waals surface area (Å²) in [6, 6.07) is 22.3. The van der Waals surface area contributed by atoms with Crippen molar-refractivity contribution in [3.63, 3.8) is 0 Å². The van der Waals surface area contributed by atoms with Crippen molar-refractivity contribution in [3.8, 4) is 0 Å². The number of carbonyl (C=O) groups is 9. The van der Waals surface area contributed by atoms with Crippen LogP contribution in [0.25, 0.3) is 86.2 Å². The molecule has 0 bridgehead atoms. The van der Waals surface area contributed by atoms with Crippen LogP contribution in [0, 0.1) is 27.7 Å². The van der Waals surface area contributed by atoms with Gasteiger partial charge in [-0.25, -0.2) is 0 Å². The van der Waals surface area contributed by atoms with E-state index in [1.807, 2.05) is 76.2 Å². The van der Waals surface area contributed by atoms with Gasteiger partial charge in [0.1, 0.15) is 0 Å². The van der Waals surface area contributed by atoms with E-state index in [9.17, 15) is 43.2 Å². The van der Waals surface area contributed by atoms with Crippen molar-refractivity contribution in [2.24, 2.45) is 0 Å². The summed E-state index contributed by atoms with van der Waals surface area (Å²) in [5.41, 5.74) is 7.66. The first-order valence-corrected chi connectivity index (χ1v) is 25.8. The van der Waals surface area contributed by atoms with Crippen molar-refractivity contribution < 1.29 is 48.3 Å². The van der Waals surface area contributed by atoms with E-state index >= 15 is 0 Å². The number of nitrogens with zero attached hydrogens (tertiary/aromatic N) is 4. The number of imide groups is 4. The number of hydrogen-bond donors (Lipinski definition) is 1. The molecule has 77 heavy (non-hydrogen) atoms. The van der Waals surface area contributed by atoms with Gasteiger partial charge in [-0.1, -0.05) is 43.5 Å². The highest BCUT2D eigenvalue weighted by atomic mass is 16.4. The molecule has 1 N–H and O–H groups in total. The maximum Gasteiger partial charge on any atom is 0.303 e. The van der Waals surface area contributed by atoms with Gasteiger partial charge in [0, 0.05) is 100 Å². The molecule has 4 heterocycles. The van der Waals surface area contributed by atoms with Crippen LogP contribution >= 0.6 is 0 Å². The van der Waals surface area contributed by atoms with E-state index in [4.69, 9.17) is 5.11 Å². The van der Waals surface area contributed by atoms with E-state index in [0.717, 1.165) is 111 Å². The monoisotopic (exact) mass is 1020 g/mol. The van der Waals surface area contributed by atoms with E-state index in [0.29, 0.717) is 85.4 Å². The Labute approximate surface area is 439 Å². The summed E-state index contributed by atoms with van der Waals surface area (Å²) in [6.45, 7) is 8.15. The Bertz CT molecular complexity index is 4430. The van der Waals surface area contributed by atoms with Crippen molar-refractivity contribution in [2.45, 2.75) is 66.2 Å². The first-order chi connectivity index (χ1) is 36.8. The van der Waals surface area contributed by atoms with E-state index in [2.05, 4.69) is 0 Å². The van der Waals surface area contributed by atoms with E-state index in [-0.39, 0.29) is 53.7 Å². The summed E-state index contributed by atoms with van der Waals surface area (Å²) in [4.78, 5) is 122. The molecule has 380 valence electrons. The van der Waals surface area contributed by atoms with Crippen molar-refractivity contribution in [2.75, 3.05) is 27.7 Å². The highest BCUT2D eigenvalue weighted by Gasteiger charge is 2.39. The number of aryl methyl sites for hydroxylation is 4. The predicted octanol–water partition coefficient (Wildman–Crippen LogP) is 11.4. The molecule has 10 aromatic carbocycles. The molecule has 0 atom stereocenters. The average Bonchev–Trinajstić information content (AvgIpc) is 3.46. The molecule has 14 heteroatoms. The van der Waals surface area contributed by atoms with Crippen molar-refractivity contribution >= 4 is 139 Å². The van der Waals surface area contributed by atoms with Gasteiger partial charge in [-0.2, -0.15) is 0 Å². The van der Waals surface area contributed by atoms with Gasteiger partial charge in [-0.3, -0.25) is 62.8 Å². The molecule has 0 fully saturated rings. The van der Waals surface area contributed by atoms with Crippen LogP contribution in [0.3, 0.4) is 0 Å².